The first-order chi connectivity index (χ1) is 10.0. The molecular formula is C15H13ClN2O2S. The Balaban J connectivity index is 2.26. The molecule has 0 aliphatic rings. The van der Waals surface area contributed by atoms with E-state index in [4.69, 9.17) is 34.3 Å². The number of amides is 1. The van der Waals surface area contributed by atoms with Gasteiger partial charge in [-0.3, -0.25) is 4.79 Å². The highest BCUT2D eigenvalue weighted by atomic mass is 35.5. The standard InChI is InChI=1S/C15H13ClN2O2S/c1-20-11-5-2-9(3-6-11)15(19)18-13-8-10(16)4-7-12(13)14(17)21/h2-8H,1H3,(H2,17,21)(H,18,19). The zero-order valence-corrected chi connectivity index (χ0v) is 12.8. The fraction of sp³-hybridized carbons (Fsp3) is 0.0667. The quantitative estimate of drug-likeness (QED) is 0.849. The van der Waals surface area contributed by atoms with Crippen molar-refractivity contribution in [2.45, 2.75) is 0 Å². The van der Waals surface area contributed by atoms with Crippen LogP contribution in [0.1, 0.15) is 15.9 Å². The molecule has 3 N–H and O–H groups in total. The Labute approximate surface area is 132 Å². The van der Waals surface area contributed by atoms with Crippen LogP contribution in [0.5, 0.6) is 5.75 Å². The highest BCUT2D eigenvalue weighted by Gasteiger charge is 2.11. The summed E-state index contributed by atoms with van der Waals surface area (Å²) in [6, 6.07) is 11.7. The molecule has 0 aliphatic heterocycles. The largest absolute Gasteiger partial charge is 0.497 e. The molecule has 0 spiro atoms. The number of benzene rings is 2. The van der Waals surface area contributed by atoms with Gasteiger partial charge in [0.25, 0.3) is 5.91 Å². The summed E-state index contributed by atoms with van der Waals surface area (Å²) in [7, 11) is 1.56. The van der Waals surface area contributed by atoms with E-state index in [0.717, 1.165) is 0 Å². The number of halogens is 1. The van der Waals surface area contributed by atoms with Gasteiger partial charge in [0.2, 0.25) is 0 Å². The number of nitrogens with one attached hydrogen (secondary N) is 1. The lowest BCUT2D eigenvalue weighted by molar-refractivity contribution is 0.102. The molecule has 0 bridgehead atoms. The number of carbonyl (C=O) groups excluding carboxylic acids is 1. The molecule has 0 saturated heterocycles. The first kappa shape index (κ1) is 15.3. The van der Waals surface area contributed by atoms with Crippen molar-refractivity contribution in [1.82, 2.24) is 0 Å². The molecule has 0 unspecified atom stereocenters. The van der Waals surface area contributed by atoms with Crippen molar-refractivity contribution in [2.24, 2.45) is 5.73 Å². The summed E-state index contributed by atoms with van der Waals surface area (Å²) in [4.78, 5) is 12.4. The Morgan fingerprint density at radius 1 is 1.24 bits per heavy atom. The van der Waals surface area contributed by atoms with Crippen molar-refractivity contribution >= 4 is 40.4 Å². The molecule has 6 heteroatoms. The summed E-state index contributed by atoms with van der Waals surface area (Å²) >= 11 is 10.9. The number of carbonyl (C=O) groups is 1. The molecule has 0 fully saturated rings. The van der Waals surface area contributed by atoms with Crippen LogP contribution in [0, 0.1) is 0 Å². The van der Waals surface area contributed by atoms with Crippen LogP contribution in [0.15, 0.2) is 42.5 Å². The van der Waals surface area contributed by atoms with E-state index in [1.165, 1.54) is 0 Å². The van der Waals surface area contributed by atoms with Gasteiger partial charge in [-0.05, 0) is 42.5 Å². The molecule has 2 rings (SSSR count). The van der Waals surface area contributed by atoms with Gasteiger partial charge in [0.15, 0.2) is 0 Å². The maximum atomic E-state index is 12.2. The predicted molar refractivity (Wildman–Crippen MR) is 88.3 cm³/mol. The highest BCUT2D eigenvalue weighted by molar-refractivity contribution is 7.80. The molecule has 0 radical (unpaired) electrons. The van der Waals surface area contributed by atoms with Crippen molar-refractivity contribution in [3.05, 3.63) is 58.6 Å². The molecule has 0 aromatic heterocycles. The van der Waals surface area contributed by atoms with E-state index in [2.05, 4.69) is 5.32 Å². The fourth-order valence-corrected chi connectivity index (χ4v) is 2.12. The number of nitrogens with two attached hydrogens (primary N) is 1. The maximum absolute atomic E-state index is 12.2. The molecule has 0 saturated carbocycles. The smallest absolute Gasteiger partial charge is 0.255 e. The van der Waals surface area contributed by atoms with E-state index in [-0.39, 0.29) is 10.9 Å². The van der Waals surface area contributed by atoms with E-state index in [1.54, 1.807) is 49.6 Å². The third-order valence-electron chi connectivity index (χ3n) is 2.85. The van der Waals surface area contributed by atoms with Crippen molar-refractivity contribution < 1.29 is 9.53 Å². The minimum absolute atomic E-state index is 0.191. The van der Waals surface area contributed by atoms with E-state index < -0.39 is 0 Å². The average Bonchev–Trinajstić information content (AvgIpc) is 2.47. The number of rotatable bonds is 4. The second-order valence-electron chi connectivity index (χ2n) is 4.24. The first-order valence-corrected chi connectivity index (χ1v) is 6.84. The first-order valence-electron chi connectivity index (χ1n) is 6.06. The summed E-state index contributed by atoms with van der Waals surface area (Å²) in [6.07, 6.45) is 0. The van der Waals surface area contributed by atoms with Crippen LogP contribution in [0.2, 0.25) is 5.02 Å². The second kappa shape index (κ2) is 6.56. The Bertz CT molecular complexity index is 687. The van der Waals surface area contributed by atoms with Gasteiger partial charge in [-0.25, -0.2) is 0 Å². The van der Waals surface area contributed by atoms with Crippen molar-refractivity contribution in [3.8, 4) is 5.75 Å². The Hall–Kier alpha value is -2.11. The average molecular weight is 321 g/mol. The van der Waals surface area contributed by atoms with Crippen molar-refractivity contribution in [3.63, 3.8) is 0 Å². The van der Waals surface area contributed by atoms with Gasteiger partial charge in [-0.1, -0.05) is 23.8 Å². The van der Waals surface area contributed by atoms with Gasteiger partial charge in [0, 0.05) is 16.1 Å². The van der Waals surface area contributed by atoms with Gasteiger partial charge < -0.3 is 15.8 Å². The number of anilines is 1. The Morgan fingerprint density at radius 3 is 2.48 bits per heavy atom. The van der Waals surface area contributed by atoms with Gasteiger partial charge in [0.05, 0.1) is 12.8 Å². The molecular weight excluding hydrogens is 308 g/mol. The molecule has 0 heterocycles. The summed E-state index contributed by atoms with van der Waals surface area (Å²) in [5.41, 5.74) is 7.18. The van der Waals surface area contributed by atoms with Gasteiger partial charge in [-0.2, -0.15) is 0 Å². The molecule has 108 valence electrons. The summed E-state index contributed by atoms with van der Waals surface area (Å²) in [5, 5.41) is 3.24. The summed E-state index contributed by atoms with van der Waals surface area (Å²) in [5.74, 6) is 0.399. The normalized spacial score (nSPS) is 10.0. The third kappa shape index (κ3) is 3.71. The van der Waals surface area contributed by atoms with Crippen molar-refractivity contribution in [2.75, 3.05) is 12.4 Å². The van der Waals surface area contributed by atoms with Crippen LogP contribution in [0.25, 0.3) is 0 Å². The van der Waals surface area contributed by atoms with Crippen LogP contribution in [-0.4, -0.2) is 18.0 Å². The van der Waals surface area contributed by atoms with Crippen LogP contribution >= 0.6 is 23.8 Å². The monoisotopic (exact) mass is 320 g/mol. The van der Waals surface area contributed by atoms with E-state index in [0.29, 0.717) is 27.6 Å². The molecule has 0 atom stereocenters. The zero-order valence-electron chi connectivity index (χ0n) is 11.2. The Kier molecular flexibility index (Phi) is 4.77. The predicted octanol–water partition coefficient (Wildman–Crippen LogP) is 3.24. The van der Waals surface area contributed by atoms with E-state index in [9.17, 15) is 4.79 Å². The molecule has 4 nitrogen and oxygen atoms in total. The minimum atomic E-state index is -0.280. The van der Waals surface area contributed by atoms with Gasteiger partial charge in [0.1, 0.15) is 10.7 Å². The van der Waals surface area contributed by atoms with Crippen LogP contribution in [-0.2, 0) is 0 Å². The lowest BCUT2D eigenvalue weighted by Gasteiger charge is -2.11. The lowest BCUT2D eigenvalue weighted by Crippen LogP contribution is -2.17. The number of ether oxygens (including phenoxy) is 1. The van der Waals surface area contributed by atoms with E-state index >= 15 is 0 Å². The SMILES string of the molecule is COc1ccc(C(=O)Nc2cc(Cl)ccc2C(N)=S)cc1. The fourth-order valence-electron chi connectivity index (χ4n) is 1.77. The molecule has 2 aromatic carbocycles. The molecule has 0 aliphatic carbocycles. The number of methoxy groups -OCH3 is 1. The van der Waals surface area contributed by atoms with Crippen LogP contribution < -0.4 is 15.8 Å². The molecule has 1 amide bonds. The van der Waals surface area contributed by atoms with Gasteiger partial charge >= 0.3 is 0 Å². The number of hydrogen-bond acceptors (Lipinski definition) is 3. The highest BCUT2D eigenvalue weighted by Crippen LogP contribution is 2.22. The zero-order chi connectivity index (χ0) is 15.4. The summed E-state index contributed by atoms with van der Waals surface area (Å²) < 4.78 is 5.05. The van der Waals surface area contributed by atoms with Crippen molar-refractivity contribution in [1.29, 1.82) is 0 Å². The summed E-state index contributed by atoms with van der Waals surface area (Å²) in [6.45, 7) is 0. The minimum Gasteiger partial charge on any atom is -0.497 e. The van der Waals surface area contributed by atoms with Crippen LogP contribution in [0.4, 0.5) is 5.69 Å². The maximum Gasteiger partial charge on any atom is 0.255 e. The number of hydrogen-bond donors (Lipinski definition) is 2. The topological polar surface area (TPSA) is 64.3 Å². The molecule has 21 heavy (non-hydrogen) atoms. The Morgan fingerprint density at radius 2 is 1.90 bits per heavy atom. The van der Waals surface area contributed by atoms with Gasteiger partial charge in [-0.15, -0.1) is 0 Å². The lowest BCUT2D eigenvalue weighted by atomic mass is 10.1. The molecule has 2 aromatic rings. The number of thiocarbonyl (C=S) groups is 1. The van der Waals surface area contributed by atoms with Crippen LogP contribution in [0.3, 0.4) is 0 Å². The second-order valence-corrected chi connectivity index (χ2v) is 5.11. The van der Waals surface area contributed by atoms with E-state index in [1.807, 2.05) is 0 Å². The third-order valence-corrected chi connectivity index (χ3v) is 3.30.